The summed E-state index contributed by atoms with van der Waals surface area (Å²) in [4.78, 5) is 29.3. The smallest absolute Gasteiger partial charge is 0.264 e. The Morgan fingerprint density at radius 3 is 2.07 bits per heavy atom. The predicted octanol–water partition coefficient (Wildman–Crippen LogP) is 6.27. The minimum atomic E-state index is -4.20. The van der Waals surface area contributed by atoms with E-state index in [0.717, 1.165) is 21.0 Å². The van der Waals surface area contributed by atoms with Crippen LogP contribution in [0, 0.1) is 6.92 Å². The van der Waals surface area contributed by atoms with E-state index in [9.17, 15) is 18.0 Å². The van der Waals surface area contributed by atoms with E-state index in [1.165, 1.54) is 23.1 Å². The average Bonchev–Trinajstić information content (AvgIpc) is 3.01. The maximum atomic E-state index is 14.3. The minimum absolute atomic E-state index is 0.0216. The number of nitrogens with one attached hydrogen (secondary N) is 1. The van der Waals surface area contributed by atoms with E-state index in [-0.39, 0.29) is 29.5 Å². The molecule has 10 heteroatoms. The van der Waals surface area contributed by atoms with Gasteiger partial charge in [-0.05, 0) is 66.9 Å². The molecule has 0 radical (unpaired) electrons. The van der Waals surface area contributed by atoms with Crippen molar-refractivity contribution in [2.75, 3.05) is 17.4 Å². The van der Waals surface area contributed by atoms with E-state index < -0.39 is 28.5 Å². The van der Waals surface area contributed by atoms with Crippen molar-refractivity contribution >= 4 is 50.7 Å². The summed E-state index contributed by atoms with van der Waals surface area (Å²) in [5, 5.41) is 3.74. The van der Waals surface area contributed by atoms with Gasteiger partial charge in [0.15, 0.2) is 0 Å². The lowest BCUT2D eigenvalue weighted by atomic mass is 10.0. The van der Waals surface area contributed by atoms with Crippen LogP contribution in [0.15, 0.2) is 108 Å². The molecule has 43 heavy (non-hydrogen) atoms. The Morgan fingerprint density at radius 2 is 1.47 bits per heavy atom. The number of rotatable bonds is 12. The summed E-state index contributed by atoms with van der Waals surface area (Å²) in [5.41, 5.74) is 2.58. The second-order valence-corrected chi connectivity index (χ2v) is 12.7. The van der Waals surface area contributed by atoms with Crippen molar-refractivity contribution in [3.05, 3.63) is 130 Å². The highest BCUT2D eigenvalue weighted by Crippen LogP contribution is 2.29. The molecule has 0 unspecified atom stereocenters. The lowest BCUT2D eigenvalue weighted by Gasteiger charge is -2.34. The number of carbonyl (C=O) groups excluding carboxylic acids is 2. The quantitative estimate of drug-likeness (QED) is 0.198. The highest BCUT2D eigenvalue weighted by Gasteiger charge is 2.34. The standard InChI is InChI=1S/C33H33Cl2N3O4S/c1-3-36-33(40)31(20-25-10-6-4-7-11-25)37(22-26-15-17-27(34)18-16-26)32(39)23-38(28-19-14-24(2)30(35)21-28)43(41,42)29-12-8-5-9-13-29/h4-19,21,31H,3,20,22-23H2,1-2H3,(H,36,40)/t31-/m0/s1. The van der Waals surface area contributed by atoms with Crippen molar-refractivity contribution in [3.8, 4) is 0 Å². The molecular formula is C33H33Cl2N3O4S. The second kappa shape index (κ2) is 14.6. The molecule has 1 N–H and O–H groups in total. The Hall–Kier alpha value is -3.85. The van der Waals surface area contributed by atoms with Gasteiger partial charge in [0.25, 0.3) is 10.0 Å². The van der Waals surface area contributed by atoms with Crippen molar-refractivity contribution in [2.45, 2.75) is 37.8 Å². The van der Waals surface area contributed by atoms with E-state index in [0.29, 0.717) is 16.6 Å². The summed E-state index contributed by atoms with van der Waals surface area (Å²) in [5.74, 6) is -0.900. The maximum absolute atomic E-state index is 14.3. The molecule has 0 heterocycles. The van der Waals surface area contributed by atoms with Crippen molar-refractivity contribution in [2.24, 2.45) is 0 Å². The summed E-state index contributed by atoms with van der Waals surface area (Å²) >= 11 is 12.5. The zero-order valence-electron chi connectivity index (χ0n) is 23.9. The molecule has 0 saturated carbocycles. The molecule has 4 aromatic rings. The van der Waals surface area contributed by atoms with Crippen LogP contribution in [0.25, 0.3) is 0 Å². The molecule has 0 fully saturated rings. The van der Waals surface area contributed by atoms with Gasteiger partial charge in [-0.15, -0.1) is 0 Å². The first kappa shape index (κ1) is 32.1. The molecule has 0 saturated heterocycles. The third-order valence-corrected chi connectivity index (χ3v) is 9.39. The van der Waals surface area contributed by atoms with Crippen LogP contribution in [0.5, 0.6) is 0 Å². The van der Waals surface area contributed by atoms with Crippen LogP contribution in [-0.2, 0) is 32.6 Å². The number of benzene rings is 4. The number of sulfonamides is 1. The van der Waals surface area contributed by atoms with Crippen LogP contribution in [0.3, 0.4) is 0 Å². The third kappa shape index (κ3) is 8.16. The van der Waals surface area contributed by atoms with Crippen LogP contribution < -0.4 is 9.62 Å². The fourth-order valence-corrected chi connectivity index (χ4v) is 6.35. The average molecular weight is 639 g/mol. The highest BCUT2D eigenvalue weighted by molar-refractivity contribution is 7.92. The van der Waals surface area contributed by atoms with E-state index in [4.69, 9.17) is 23.2 Å². The minimum Gasteiger partial charge on any atom is -0.355 e. The van der Waals surface area contributed by atoms with Crippen LogP contribution >= 0.6 is 23.2 Å². The normalized spacial score (nSPS) is 11.9. The van der Waals surface area contributed by atoms with Crippen molar-refractivity contribution in [1.29, 1.82) is 0 Å². The maximum Gasteiger partial charge on any atom is 0.264 e. The number of carbonyl (C=O) groups is 2. The monoisotopic (exact) mass is 637 g/mol. The van der Waals surface area contributed by atoms with Gasteiger partial charge in [-0.2, -0.15) is 0 Å². The summed E-state index contributed by atoms with van der Waals surface area (Å²) in [6, 6.07) is 28.2. The molecule has 4 aromatic carbocycles. The van der Waals surface area contributed by atoms with Gasteiger partial charge < -0.3 is 10.2 Å². The van der Waals surface area contributed by atoms with Gasteiger partial charge in [0.1, 0.15) is 12.6 Å². The Bertz CT molecular complexity index is 1650. The first-order valence-corrected chi connectivity index (χ1v) is 16.0. The second-order valence-electron chi connectivity index (χ2n) is 10.0. The lowest BCUT2D eigenvalue weighted by molar-refractivity contribution is -0.140. The number of hydrogen-bond donors (Lipinski definition) is 1. The molecular weight excluding hydrogens is 605 g/mol. The summed E-state index contributed by atoms with van der Waals surface area (Å²) < 4.78 is 29.0. The van der Waals surface area contributed by atoms with Gasteiger partial charge >= 0.3 is 0 Å². The zero-order chi connectivity index (χ0) is 31.0. The van der Waals surface area contributed by atoms with Crippen molar-refractivity contribution < 1.29 is 18.0 Å². The number of amides is 2. The van der Waals surface area contributed by atoms with Gasteiger partial charge in [0.05, 0.1) is 10.6 Å². The zero-order valence-corrected chi connectivity index (χ0v) is 26.2. The van der Waals surface area contributed by atoms with Gasteiger partial charge in [0, 0.05) is 29.6 Å². The van der Waals surface area contributed by atoms with Gasteiger partial charge in [-0.3, -0.25) is 13.9 Å². The van der Waals surface area contributed by atoms with E-state index in [1.54, 1.807) is 61.5 Å². The van der Waals surface area contributed by atoms with Crippen molar-refractivity contribution in [1.82, 2.24) is 10.2 Å². The molecule has 7 nitrogen and oxygen atoms in total. The Balaban J connectivity index is 1.80. The third-order valence-electron chi connectivity index (χ3n) is 6.94. The molecule has 0 aliphatic heterocycles. The van der Waals surface area contributed by atoms with E-state index in [1.807, 2.05) is 37.3 Å². The number of aryl methyl sites for hydroxylation is 1. The molecule has 0 aliphatic rings. The Kier molecular flexibility index (Phi) is 10.9. The molecule has 224 valence electrons. The summed E-state index contributed by atoms with van der Waals surface area (Å²) in [7, 11) is -4.20. The molecule has 0 bridgehead atoms. The van der Waals surface area contributed by atoms with Crippen LogP contribution in [0.4, 0.5) is 5.69 Å². The molecule has 0 aromatic heterocycles. The molecule has 2 amide bonds. The number of hydrogen-bond acceptors (Lipinski definition) is 4. The highest BCUT2D eigenvalue weighted by atomic mass is 35.5. The first-order valence-electron chi connectivity index (χ1n) is 13.8. The molecule has 4 rings (SSSR count). The Labute approximate surface area is 263 Å². The number of halogens is 2. The first-order chi connectivity index (χ1) is 20.6. The van der Waals surface area contributed by atoms with Gasteiger partial charge in [0.2, 0.25) is 11.8 Å². The van der Waals surface area contributed by atoms with E-state index >= 15 is 0 Å². The number of nitrogens with zero attached hydrogens (tertiary/aromatic N) is 2. The van der Waals surface area contributed by atoms with Crippen LogP contribution in [0.1, 0.15) is 23.6 Å². The molecule has 0 spiro atoms. The topological polar surface area (TPSA) is 86.8 Å². The van der Waals surface area contributed by atoms with E-state index in [2.05, 4.69) is 5.32 Å². The summed E-state index contributed by atoms with van der Waals surface area (Å²) in [6.07, 6.45) is 0.230. The number of likely N-dealkylation sites (N-methyl/N-ethyl adjacent to an activating group) is 1. The summed E-state index contributed by atoms with van der Waals surface area (Å²) in [6.45, 7) is 3.47. The SMILES string of the molecule is CCNC(=O)[C@H](Cc1ccccc1)N(Cc1ccc(Cl)cc1)C(=O)CN(c1ccc(C)c(Cl)c1)S(=O)(=O)c1ccccc1. The fourth-order valence-electron chi connectivity index (χ4n) is 4.62. The van der Waals surface area contributed by atoms with Gasteiger partial charge in [-0.1, -0.05) is 89.9 Å². The van der Waals surface area contributed by atoms with Gasteiger partial charge in [-0.25, -0.2) is 8.42 Å². The van der Waals surface area contributed by atoms with Crippen LogP contribution in [-0.4, -0.2) is 44.3 Å². The largest absolute Gasteiger partial charge is 0.355 e. The number of anilines is 1. The molecule has 1 atom stereocenters. The Morgan fingerprint density at radius 1 is 0.837 bits per heavy atom. The van der Waals surface area contributed by atoms with Crippen molar-refractivity contribution in [3.63, 3.8) is 0 Å². The fraction of sp³-hybridized carbons (Fsp3) is 0.212. The predicted molar refractivity (Wildman–Crippen MR) is 172 cm³/mol. The molecule has 0 aliphatic carbocycles. The lowest BCUT2D eigenvalue weighted by Crippen LogP contribution is -2.53. The van der Waals surface area contributed by atoms with Crippen LogP contribution in [0.2, 0.25) is 10.0 Å².